The highest BCUT2D eigenvalue weighted by Crippen LogP contribution is 2.28. The molecule has 0 bridgehead atoms. The molecule has 174 valence electrons. The lowest BCUT2D eigenvalue weighted by Gasteiger charge is -2.31. The zero-order chi connectivity index (χ0) is 22.4. The van der Waals surface area contributed by atoms with Gasteiger partial charge in [-0.15, -0.1) is 0 Å². The van der Waals surface area contributed by atoms with Gasteiger partial charge in [-0.05, 0) is 83.6 Å². The third kappa shape index (κ3) is 6.30. The summed E-state index contributed by atoms with van der Waals surface area (Å²) in [6.45, 7) is 10.6. The summed E-state index contributed by atoms with van der Waals surface area (Å²) in [7, 11) is -3.53. The van der Waals surface area contributed by atoms with Crippen LogP contribution in [-0.4, -0.2) is 62.8 Å². The van der Waals surface area contributed by atoms with Crippen molar-refractivity contribution in [3.8, 4) is 0 Å². The van der Waals surface area contributed by atoms with E-state index in [2.05, 4.69) is 10.2 Å². The second-order valence-corrected chi connectivity index (χ2v) is 11.2. The maximum atomic E-state index is 13.2. The first-order chi connectivity index (χ1) is 14.8. The first-order valence-electron chi connectivity index (χ1n) is 11.9. The van der Waals surface area contributed by atoms with Crippen LogP contribution in [0.1, 0.15) is 61.6 Å². The quantitative estimate of drug-likeness (QED) is 0.648. The van der Waals surface area contributed by atoms with Crippen molar-refractivity contribution < 1.29 is 13.2 Å². The Bertz CT molecular complexity index is 830. The number of hydrogen-bond acceptors (Lipinski definition) is 4. The Morgan fingerprint density at radius 2 is 1.55 bits per heavy atom. The molecule has 7 heteroatoms. The Morgan fingerprint density at radius 3 is 2.13 bits per heavy atom. The van der Waals surface area contributed by atoms with Crippen LogP contribution in [0.5, 0.6) is 0 Å². The Morgan fingerprint density at radius 1 is 0.968 bits per heavy atom. The molecule has 31 heavy (non-hydrogen) atoms. The molecule has 2 heterocycles. The third-order valence-corrected chi connectivity index (χ3v) is 8.88. The number of carbonyl (C=O) groups excluding carboxylic acids is 1. The monoisotopic (exact) mass is 449 g/mol. The van der Waals surface area contributed by atoms with Crippen LogP contribution in [0.15, 0.2) is 17.0 Å². The number of piperidine rings is 1. The predicted molar refractivity (Wildman–Crippen MR) is 125 cm³/mol. The molecular weight excluding hydrogens is 410 g/mol. The summed E-state index contributed by atoms with van der Waals surface area (Å²) in [5.74, 6) is -0.0135. The number of benzene rings is 1. The molecule has 1 N–H and O–H groups in total. The summed E-state index contributed by atoms with van der Waals surface area (Å²) in [5, 5.41) is 3.08. The van der Waals surface area contributed by atoms with Gasteiger partial charge in [0.25, 0.3) is 0 Å². The van der Waals surface area contributed by atoms with E-state index in [0.29, 0.717) is 37.4 Å². The second-order valence-electron chi connectivity index (χ2n) is 9.31. The number of carbonyl (C=O) groups is 1. The van der Waals surface area contributed by atoms with E-state index in [1.165, 1.54) is 38.8 Å². The topological polar surface area (TPSA) is 69.7 Å². The molecule has 0 saturated carbocycles. The van der Waals surface area contributed by atoms with Crippen molar-refractivity contribution in [1.29, 1.82) is 0 Å². The molecule has 0 aromatic heterocycles. The Hall–Kier alpha value is -1.44. The molecule has 1 amide bonds. The summed E-state index contributed by atoms with van der Waals surface area (Å²) in [5.41, 5.74) is 2.66. The van der Waals surface area contributed by atoms with Crippen LogP contribution in [-0.2, 0) is 14.8 Å². The van der Waals surface area contributed by atoms with Gasteiger partial charge in [0, 0.05) is 25.6 Å². The number of nitrogens with zero attached hydrogens (tertiary/aromatic N) is 2. The minimum absolute atomic E-state index is 0.0793. The average Bonchev–Trinajstić information content (AvgIpc) is 2.99. The van der Waals surface area contributed by atoms with Gasteiger partial charge in [-0.25, -0.2) is 8.42 Å². The molecule has 6 nitrogen and oxygen atoms in total. The largest absolute Gasteiger partial charge is 0.356 e. The van der Waals surface area contributed by atoms with Gasteiger partial charge < -0.3 is 10.2 Å². The Balaban J connectivity index is 1.46. The van der Waals surface area contributed by atoms with Crippen molar-refractivity contribution >= 4 is 15.9 Å². The molecular formula is C24H39N3O3S. The maximum Gasteiger partial charge on any atom is 0.243 e. The summed E-state index contributed by atoms with van der Waals surface area (Å²) in [6, 6.07) is 3.84. The van der Waals surface area contributed by atoms with Gasteiger partial charge in [0.15, 0.2) is 0 Å². The van der Waals surface area contributed by atoms with Crippen molar-refractivity contribution in [3.05, 3.63) is 28.8 Å². The fourth-order valence-electron chi connectivity index (χ4n) is 5.08. The number of rotatable bonds is 7. The van der Waals surface area contributed by atoms with Gasteiger partial charge in [-0.1, -0.05) is 30.5 Å². The van der Waals surface area contributed by atoms with Crippen LogP contribution in [0, 0.1) is 26.7 Å². The summed E-state index contributed by atoms with van der Waals surface area (Å²) in [4.78, 5) is 15.5. The number of aryl methyl sites for hydroxylation is 3. The maximum absolute atomic E-state index is 13.2. The molecule has 3 rings (SSSR count). The SMILES string of the molecule is Cc1cc(C)c(S(=O)(=O)N2CCC(C(=O)NCCCN3CCCCCC3)CC2)c(C)c1. The number of hydrogen-bond donors (Lipinski definition) is 1. The second kappa shape index (κ2) is 10.9. The number of amides is 1. The van der Waals surface area contributed by atoms with Crippen LogP contribution in [0.2, 0.25) is 0 Å². The standard InChI is InChI=1S/C24H39N3O3S/c1-19-17-20(2)23(21(3)18-19)31(29,30)27-15-9-22(10-16-27)24(28)25-11-8-14-26-12-6-4-5-7-13-26/h17-18,22H,4-16H2,1-3H3,(H,25,28). The molecule has 0 unspecified atom stereocenters. The first kappa shape index (κ1) is 24.2. The number of sulfonamides is 1. The highest BCUT2D eigenvalue weighted by Gasteiger charge is 2.33. The van der Waals surface area contributed by atoms with Gasteiger partial charge in [0.2, 0.25) is 15.9 Å². The van der Waals surface area contributed by atoms with E-state index in [1.807, 2.05) is 32.9 Å². The fraction of sp³-hybridized carbons (Fsp3) is 0.708. The van der Waals surface area contributed by atoms with E-state index in [4.69, 9.17) is 0 Å². The average molecular weight is 450 g/mol. The lowest BCUT2D eigenvalue weighted by atomic mass is 9.97. The lowest BCUT2D eigenvalue weighted by Crippen LogP contribution is -2.43. The first-order valence-corrected chi connectivity index (χ1v) is 13.3. The van der Waals surface area contributed by atoms with E-state index >= 15 is 0 Å². The summed E-state index contributed by atoms with van der Waals surface area (Å²) in [6.07, 6.45) is 7.40. The van der Waals surface area contributed by atoms with Crippen LogP contribution < -0.4 is 5.32 Å². The van der Waals surface area contributed by atoms with Crippen molar-refractivity contribution in [2.24, 2.45) is 5.92 Å². The molecule has 0 radical (unpaired) electrons. The van der Waals surface area contributed by atoms with Crippen LogP contribution >= 0.6 is 0 Å². The van der Waals surface area contributed by atoms with Gasteiger partial charge >= 0.3 is 0 Å². The number of likely N-dealkylation sites (tertiary alicyclic amines) is 1. The predicted octanol–water partition coefficient (Wildman–Crippen LogP) is 3.39. The van der Waals surface area contributed by atoms with E-state index in [1.54, 1.807) is 4.31 Å². The molecule has 2 saturated heterocycles. The molecule has 2 fully saturated rings. The van der Waals surface area contributed by atoms with Crippen LogP contribution in [0.3, 0.4) is 0 Å². The summed E-state index contributed by atoms with van der Waals surface area (Å²) < 4.78 is 28.0. The van der Waals surface area contributed by atoms with E-state index < -0.39 is 10.0 Å². The highest BCUT2D eigenvalue weighted by molar-refractivity contribution is 7.89. The van der Waals surface area contributed by atoms with Crippen molar-refractivity contribution in [2.45, 2.75) is 70.6 Å². The van der Waals surface area contributed by atoms with E-state index in [0.717, 1.165) is 29.7 Å². The van der Waals surface area contributed by atoms with Crippen molar-refractivity contribution in [2.75, 3.05) is 39.3 Å². The highest BCUT2D eigenvalue weighted by atomic mass is 32.2. The minimum atomic E-state index is -3.53. The van der Waals surface area contributed by atoms with Gasteiger partial charge in [0.05, 0.1) is 4.90 Å². The van der Waals surface area contributed by atoms with Crippen LogP contribution in [0.25, 0.3) is 0 Å². The number of nitrogens with one attached hydrogen (secondary N) is 1. The third-order valence-electron chi connectivity index (χ3n) is 6.68. The van der Waals surface area contributed by atoms with Gasteiger partial charge in [-0.3, -0.25) is 4.79 Å². The molecule has 2 aliphatic rings. The van der Waals surface area contributed by atoms with Gasteiger partial charge in [-0.2, -0.15) is 4.31 Å². The van der Waals surface area contributed by atoms with Crippen molar-refractivity contribution in [3.63, 3.8) is 0 Å². The van der Waals surface area contributed by atoms with Gasteiger partial charge in [0.1, 0.15) is 0 Å². The zero-order valence-corrected chi connectivity index (χ0v) is 20.3. The Kier molecular flexibility index (Phi) is 8.53. The molecule has 0 aliphatic carbocycles. The van der Waals surface area contributed by atoms with E-state index in [-0.39, 0.29) is 11.8 Å². The van der Waals surface area contributed by atoms with E-state index in [9.17, 15) is 13.2 Å². The minimum Gasteiger partial charge on any atom is -0.356 e. The molecule has 1 aromatic rings. The molecule has 0 spiro atoms. The molecule has 1 aromatic carbocycles. The smallest absolute Gasteiger partial charge is 0.243 e. The van der Waals surface area contributed by atoms with Crippen LogP contribution in [0.4, 0.5) is 0 Å². The Labute approximate surface area is 188 Å². The molecule has 0 atom stereocenters. The normalized spacial score (nSPS) is 19.8. The lowest BCUT2D eigenvalue weighted by molar-refractivity contribution is -0.126. The zero-order valence-electron chi connectivity index (χ0n) is 19.5. The van der Waals surface area contributed by atoms with Crippen molar-refractivity contribution in [1.82, 2.24) is 14.5 Å². The fourth-order valence-corrected chi connectivity index (χ4v) is 6.96. The molecule has 2 aliphatic heterocycles. The summed E-state index contributed by atoms with van der Waals surface area (Å²) >= 11 is 0.